The molecule has 1 heterocycles. The molecule has 0 saturated carbocycles. The van der Waals surface area contributed by atoms with Crippen molar-refractivity contribution in [2.24, 2.45) is 0 Å². The number of halogens is 1. The van der Waals surface area contributed by atoms with Crippen molar-refractivity contribution in [2.45, 2.75) is 12.5 Å². The largest absolute Gasteiger partial charge is 0.489 e. The van der Waals surface area contributed by atoms with E-state index in [0.29, 0.717) is 0 Å². The van der Waals surface area contributed by atoms with Crippen molar-refractivity contribution in [1.82, 2.24) is 15.1 Å². The first kappa shape index (κ1) is 16.3. The number of likely N-dealkylation sites (tertiary alicyclic amines) is 1. The summed E-state index contributed by atoms with van der Waals surface area (Å²) < 4.78 is 5.96. The SMILES string of the molecule is CN(C)CCNC(=S)N1CC[C@@H](Oc2ccc(Cl)cc2)C1. The number of benzene rings is 1. The van der Waals surface area contributed by atoms with Gasteiger partial charge in [0.2, 0.25) is 0 Å². The van der Waals surface area contributed by atoms with Crippen LogP contribution in [0.15, 0.2) is 24.3 Å². The van der Waals surface area contributed by atoms with Crippen molar-refractivity contribution in [1.29, 1.82) is 0 Å². The Morgan fingerprint density at radius 2 is 2.14 bits per heavy atom. The Balaban J connectivity index is 1.75. The van der Waals surface area contributed by atoms with E-state index < -0.39 is 0 Å². The molecule has 2 rings (SSSR count). The molecule has 0 spiro atoms. The van der Waals surface area contributed by atoms with E-state index >= 15 is 0 Å². The lowest BCUT2D eigenvalue weighted by Gasteiger charge is -2.21. The molecule has 0 amide bonds. The summed E-state index contributed by atoms with van der Waals surface area (Å²) in [7, 11) is 4.10. The van der Waals surface area contributed by atoms with Crippen LogP contribution in [0.4, 0.5) is 0 Å². The molecular formula is C15H22ClN3OS. The first-order valence-electron chi connectivity index (χ1n) is 7.14. The van der Waals surface area contributed by atoms with Gasteiger partial charge in [0.1, 0.15) is 11.9 Å². The third-order valence-electron chi connectivity index (χ3n) is 3.38. The number of nitrogens with one attached hydrogen (secondary N) is 1. The topological polar surface area (TPSA) is 27.7 Å². The van der Waals surface area contributed by atoms with Crippen LogP contribution in [0.5, 0.6) is 5.75 Å². The lowest BCUT2D eigenvalue weighted by molar-refractivity contribution is 0.214. The Morgan fingerprint density at radius 1 is 1.43 bits per heavy atom. The van der Waals surface area contributed by atoms with Gasteiger partial charge >= 0.3 is 0 Å². The lowest BCUT2D eigenvalue weighted by Crippen LogP contribution is -2.41. The number of ether oxygens (including phenoxy) is 1. The van der Waals surface area contributed by atoms with Crippen molar-refractivity contribution in [3.05, 3.63) is 29.3 Å². The third kappa shape index (κ3) is 5.34. The summed E-state index contributed by atoms with van der Waals surface area (Å²) >= 11 is 11.3. The van der Waals surface area contributed by atoms with E-state index in [1.807, 2.05) is 24.3 Å². The van der Waals surface area contributed by atoms with E-state index in [-0.39, 0.29) is 6.10 Å². The zero-order valence-corrected chi connectivity index (χ0v) is 14.1. The molecule has 1 aliphatic heterocycles. The molecule has 1 aromatic rings. The van der Waals surface area contributed by atoms with E-state index in [1.165, 1.54) is 0 Å². The zero-order valence-electron chi connectivity index (χ0n) is 12.5. The standard InChI is InChI=1S/C15H22ClN3OS/c1-18(2)10-8-17-15(21)19-9-7-14(11-19)20-13-5-3-12(16)4-6-13/h3-6,14H,7-11H2,1-2H3,(H,17,21)/t14-/m1/s1. The fraction of sp³-hybridized carbons (Fsp3) is 0.533. The second-order valence-electron chi connectivity index (χ2n) is 5.46. The number of nitrogens with zero attached hydrogens (tertiary/aromatic N) is 2. The normalized spacial score (nSPS) is 18.1. The molecule has 4 nitrogen and oxygen atoms in total. The highest BCUT2D eigenvalue weighted by molar-refractivity contribution is 7.80. The Bertz CT molecular complexity index is 466. The van der Waals surface area contributed by atoms with Crippen molar-refractivity contribution in [3.8, 4) is 5.75 Å². The van der Waals surface area contributed by atoms with Gasteiger partial charge < -0.3 is 19.9 Å². The first-order valence-corrected chi connectivity index (χ1v) is 7.93. The molecule has 0 aromatic heterocycles. The van der Waals surface area contributed by atoms with Crippen LogP contribution in [0, 0.1) is 0 Å². The maximum absolute atomic E-state index is 5.96. The van der Waals surface area contributed by atoms with E-state index in [0.717, 1.165) is 48.5 Å². The van der Waals surface area contributed by atoms with Crippen molar-refractivity contribution in [2.75, 3.05) is 40.3 Å². The van der Waals surface area contributed by atoms with Gasteiger partial charge in [-0.05, 0) is 50.6 Å². The number of hydrogen-bond donors (Lipinski definition) is 1. The molecule has 1 saturated heterocycles. The summed E-state index contributed by atoms with van der Waals surface area (Å²) in [5.41, 5.74) is 0. The fourth-order valence-corrected chi connectivity index (χ4v) is 2.61. The Labute approximate surface area is 137 Å². The molecule has 1 atom stereocenters. The summed E-state index contributed by atoms with van der Waals surface area (Å²) in [5.74, 6) is 0.859. The maximum atomic E-state index is 5.96. The van der Waals surface area contributed by atoms with Crippen LogP contribution in [0.25, 0.3) is 0 Å². The number of thiocarbonyl (C=S) groups is 1. The fourth-order valence-electron chi connectivity index (χ4n) is 2.21. The second kappa shape index (κ2) is 7.82. The van der Waals surface area contributed by atoms with Crippen molar-refractivity contribution < 1.29 is 4.74 Å². The van der Waals surface area contributed by atoms with Gasteiger partial charge in [0.25, 0.3) is 0 Å². The van der Waals surface area contributed by atoms with Gasteiger partial charge in [0.15, 0.2) is 5.11 Å². The molecule has 0 unspecified atom stereocenters. The Morgan fingerprint density at radius 3 is 2.81 bits per heavy atom. The van der Waals surface area contributed by atoms with E-state index in [4.69, 9.17) is 28.6 Å². The predicted octanol–water partition coefficient (Wildman–Crippen LogP) is 2.23. The van der Waals surface area contributed by atoms with Crippen LogP contribution < -0.4 is 10.1 Å². The van der Waals surface area contributed by atoms with Gasteiger partial charge in [-0.3, -0.25) is 0 Å². The van der Waals surface area contributed by atoms with E-state index in [2.05, 4.69) is 29.2 Å². The van der Waals surface area contributed by atoms with Crippen LogP contribution in [0.3, 0.4) is 0 Å². The second-order valence-corrected chi connectivity index (χ2v) is 6.29. The van der Waals surface area contributed by atoms with Crippen LogP contribution >= 0.6 is 23.8 Å². The molecule has 21 heavy (non-hydrogen) atoms. The minimum Gasteiger partial charge on any atom is -0.489 e. The zero-order chi connectivity index (χ0) is 15.2. The maximum Gasteiger partial charge on any atom is 0.169 e. The van der Waals surface area contributed by atoms with Crippen LogP contribution in [-0.2, 0) is 0 Å². The Hall–Kier alpha value is -1.04. The molecule has 1 N–H and O–H groups in total. The predicted molar refractivity (Wildman–Crippen MR) is 91.2 cm³/mol. The first-order chi connectivity index (χ1) is 10.0. The number of rotatable bonds is 5. The molecule has 1 aliphatic rings. The summed E-state index contributed by atoms with van der Waals surface area (Å²) in [4.78, 5) is 4.30. The van der Waals surface area contributed by atoms with Crippen molar-refractivity contribution in [3.63, 3.8) is 0 Å². The minimum atomic E-state index is 0.180. The molecule has 0 radical (unpaired) electrons. The summed E-state index contributed by atoms with van der Waals surface area (Å²) in [6, 6.07) is 7.49. The van der Waals surface area contributed by atoms with Gasteiger partial charge in [-0.1, -0.05) is 11.6 Å². The molecule has 1 aromatic carbocycles. The Kier molecular flexibility index (Phi) is 6.08. The highest BCUT2D eigenvalue weighted by atomic mass is 35.5. The van der Waals surface area contributed by atoms with Crippen LogP contribution in [-0.4, -0.2) is 61.3 Å². The molecule has 0 bridgehead atoms. The summed E-state index contributed by atoms with van der Waals surface area (Å²) in [6.07, 6.45) is 1.16. The molecule has 1 fully saturated rings. The number of hydrogen-bond acceptors (Lipinski definition) is 3. The average Bonchev–Trinajstić information content (AvgIpc) is 2.89. The third-order valence-corrected chi connectivity index (χ3v) is 4.04. The molecular weight excluding hydrogens is 306 g/mol. The highest BCUT2D eigenvalue weighted by Crippen LogP contribution is 2.20. The van der Waals surface area contributed by atoms with Crippen LogP contribution in [0.1, 0.15) is 6.42 Å². The van der Waals surface area contributed by atoms with Gasteiger partial charge in [-0.2, -0.15) is 0 Å². The quantitative estimate of drug-likeness (QED) is 0.837. The monoisotopic (exact) mass is 327 g/mol. The summed E-state index contributed by atoms with van der Waals surface area (Å²) in [6.45, 7) is 3.60. The van der Waals surface area contributed by atoms with E-state index in [9.17, 15) is 0 Å². The number of likely N-dealkylation sites (N-methyl/N-ethyl adjacent to an activating group) is 1. The molecule has 116 valence electrons. The minimum absolute atomic E-state index is 0.180. The van der Waals surface area contributed by atoms with Gasteiger partial charge in [0.05, 0.1) is 6.54 Å². The van der Waals surface area contributed by atoms with Gasteiger partial charge in [0, 0.05) is 31.1 Å². The smallest absolute Gasteiger partial charge is 0.169 e. The average molecular weight is 328 g/mol. The van der Waals surface area contributed by atoms with Gasteiger partial charge in [-0.15, -0.1) is 0 Å². The van der Waals surface area contributed by atoms with Crippen molar-refractivity contribution >= 4 is 28.9 Å². The molecule has 6 heteroatoms. The van der Waals surface area contributed by atoms with Crippen LogP contribution in [0.2, 0.25) is 5.02 Å². The van der Waals surface area contributed by atoms with E-state index in [1.54, 1.807) is 0 Å². The summed E-state index contributed by atoms with van der Waals surface area (Å²) in [5, 5.41) is 4.83. The lowest BCUT2D eigenvalue weighted by atomic mass is 10.3. The highest BCUT2D eigenvalue weighted by Gasteiger charge is 2.25. The van der Waals surface area contributed by atoms with Gasteiger partial charge in [-0.25, -0.2) is 0 Å². The molecule has 0 aliphatic carbocycles.